The third-order valence-corrected chi connectivity index (χ3v) is 4.74. The maximum atomic E-state index is 11.1. The van der Waals surface area contributed by atoms with Gasteiger partial charge in [0.15, 0.2) is 0 Å². The first-order valence-corrected chi connectivity index (χ1v) is 9.26. The van der Waals surface area contributed by atoms with E-state index in [2.05, 4.69) is 34.6 Å². The van der Waals surface area contributed by atoms with E-state index in [1.807, 2.05) is 25.1 Å². The summed E-state index contributed by atoms with van der Waals surface area (Å²) in [5.41, 5.74) is 5.36. The molecule has 0 bridgehead atoms. The number of aliphatic hydroxyl groups is 1. The van der Waals surface area contributed by atoms with E-state index in [4.69, 9.17) is 5.11 Å². The number of carboxylic acid groups (broad SMARTS) is 1. The quantitative estimate of drug-likeness (QED) is 0.523. The van der Waals surface area contributed by atoms with Gasteiger partial charge in [0.1, 0.15) is 0 Å². The largest absolute Gasteiger partial charge is 0.478 e. The monoisotopic (exact) mass is 376 g/mol. The van der Waals surface area contributed by atoms with Crippen molar-refractivity contribution in [3.05, 3.63) is 89.2 Å². The van der Waals surface area contributed by atoms with Crippen LogP contribution in [-0.4, -0.2) is 34.3 Å². The molecule has 1 aromatic heterocycles. The summed E-state index contributed by atoms with van der Waals surface area (Å²) in [6.45, 7) is 3.18. The lowest BCUT2D eigenvalue weighted by Gasteiger charge is -2.12. The van der Waals surface area contributed by atoms with E-state index in [0.717, 1.165) is 35.2 Å². The molecular formula is C23H24N2O3. The van der Waals surface area contributed by atoms with Crippen LogP contribution in [0.4, 0.5) is 0 Å². The highest BCUT2D eigenvalue weighted by Crippen LogP contribution is 2.25. The van der Waals surface area contributed by atoms with Crippen molar-refractivity contribution in [1.82, 2.24) is 10.3 Å². The van der Waals surface area contributed by atoms with Gasteiger partial charge in [-0.3, -0.25) is 4.98 Å². The van der Waals surface area contributed by atoms with Crippen molar-refractivity contribution in [2.45, 2.75) is 19.4 Å². The Labute approximate surface area is 164 Å². The molecule has 0 aliphatic heterocycles. The van der Waals surface area contributed by atoms with Gasteiger partial charge in [0.2, 0.25) is 0 Å². The fourth-order valence-electron chi connectivity index (χ4n) is 3.13. The van der Waals surface area contributed by atoms with Gasteiger partial charge in [-0.05, 0) is 60.3 Å². The molecule has 2 aromatic carbocycles. The second kappa shape index (κ2) is 9.26. The smallest absolute Gasteiger partial charge is 0.335 e. The van der Waals surface area contributed by atoms with Gasteiger partial charge >= 0.3 is 5.97 Å². The molecule has 0 aliphatic carbocycles. The van der Waals surface area contributed by atoms with Crippen LogP contribution in [0.1, 0.15) is 33.2 Å². The van der Waals surface area contributed by atoms with E-state index in [9.17, 15) is 9.90 Å². The molecule has 3 rings (SSSR count). The van der Waals surface area contributed by atoms with Crippen molar-refractivity contribution in [2.75, 3.05) is 13.1 Å². The van der Waals surface area contributed by atoms with Crippen LogP contribution in [0, 0.1) is 6.92 Å². The topological polar surface area (TPSA) is 82.5 Å². The number of carbonyl (C=O) groups is 1. The van der Waals surface area contributed by atoms with Crippen molar-refractivity contribution in [2.24, 2.45) is 0 Å². The van der Waals surface area contributed by atoms with Gasteiger partial charge in [0.25, 0.3) is 0 Å². The molecule has 144 valence electrons. The molecular weight excluding hydrogens is 352 g/mol. The summed E-state index contributed by atoms with van der Waals surface area (Å²) in [4.78, 5) is 15.1. The third kappa shape index (κ3) is 5.03. The molecule has 0 saturated carbocycles. The van der Waals surface area contributed by atoms with E-state index in [0.29, 0.717) is 12.1 Å². The lowest BCUT2D eigenvalue weighted by Crippen LogP contribution is -2.23. The van der Waals surface area contributed by atoms with Crippen molar-refractivity contribution < 1.29 is 15.0 Å². The SMILES string of the molecule is Cc1cc(C(=O)O)ccc1-c1ccc(CCNC[C@@H](O)c2cccnc2)cc1. The lowest BCUT2D eigenvalue weighted by atomic mass is 9.97. The Morgan fingerprint density at radius 1 is 1.14 bits per heavy atom. The highest BCUT2D eigenvalue weighted by atomic mass is 16.4. The first-order valence-electron chi connectivity index (χ1n) is 9.26. The number of hydrogen-bond acceptors (Lipinski definition) is 4. The predicted molar refractivity (Wildman–Crippen MR) is 109 cm³/mol. The summed E-state index contributed by atoms with van der Waals surface area (Å²) in [5, 5.41) is 22.5. The van der Waals surface area contributed by atoms with Crippen molar-refractivity contribution >= 4 is 5.97 Å². The molecule has 3 aromatic rings. The minimum Gasteiger partial charge on any atom is -0.478 e. The van der Waals surface area contributed by atoms with Crippen LogP contribution in [0.15, 0.2) is 67.0 Å². The number of pyridine rings is 1. The fraction of sp³-hybridized carbons (Fsp3) is 0.217. The second-order valence-electron chi connectivity index (χ2n) is 6.79. The third-order valence-electron chi connectivity index (χ3n) is 4.74. The zero-order valence-electron chi connectivity index (χ0n) is 15.8. The summed E-state index contributed by atoms with van der Waals surface area (Å²) in [5.74, 6) is -0.911. The Bertz CT molecular complexity index is 924. The number of aliphatic hydroxyl groups excluding tert-OH is 1. The Hall–Kier alpha value is -3.02. The lowest BCUT2D eigenvalue weighted by molar-refractivity contribution is 0.0697. The average molecular weight is 376 g/mol. The number of carboxylic acids is 1. The molecule has 28 heavy (non-hydrogen) atoms. The van der Waals surface area contributed by atoms with E-state index >= 15 is 0 Å². The van der Waals surface area contributed by atoms with Crippen LogP contribution < -0.4 is 5.32 Å². The maximum Gasteiger partial charge on any atom is 0.335 e. The number of aryl methyl sites for hydroxylation is 1. The molecule has 3 N–H and O–H groups in total. The number of nitrogens with zero attached hydrogens (tertiary/aromatic N) is 1. The molecule has 0 radical (unpaired) electrons. The maximum absolute atomic E-state index is 11.1. The molecule has 0 amide bonds. The number of aromatic carboxylic acids is 1. The van der Waals surface area contributed by atoms with Gasteiger partial charge in [-0.25, -0.2) is 4.79 Å². The summed E-state index contributed by atoms with van der Waals surface area (Å²) >= 11 is 0. The molecule has 0 saturated heterocycles. The molecule has 1 heterocycles. The van der Waals surface area contributed by atoms with E-state index in [1.165, 1.54) is 5.56 Å². The standard InChI is InChI=1S/C23H24N2O3/c1-16-13-19(23(27)28)8-9-21(16)18-6-4-17(5-7-18)10-12-25-15-22(26)20-3-2-11-24-14-20/h2-9,11,13-14,22,25-26H,10,12,15H2,1H3,(H,27,28)/t22-/m1/s1. The number of nitrogens with one attached hydrogen (secondary N) is 1. The van der Waals surface area contributed by atoms with E-state index in [-0.39, 0.29) is 0 Å². The zero-order chi connectivity index (χ0) is 19.9. The minimum atomic E-state index is -0.911. The summed E-state index contributed by atoms with van der Waals surface area (Å²) in [6.07, 6.45) is 3.66. The number of aromatic nitrogens is 1. The normalized spacial score (nSPS) is 11.9. The molecule has 0 fully saturated rings. The zero-order valence-corrected chi connectivity index (χ0v) is 15.8. The van der Waals surface area contributed by atoms with Crippen molar-refractivity contribution in [3.63, 3.8) is 0 Å². The first kappa shape index (κ1) is 19.7. The minimum absolute atomic E-state index is 0.303. The molecule has 0 unspecified atom stereocenters. The van der Waals surface area contributed by atoms with Gasteiger partial charge in [-0.1, -0.05) is 36.4 Å². The average Bonchev–Trinajstić information content (AvgIpc) is 2.72. The van der Waals surface area contributed by atoms with Crippen LogP contribution in [0.25, 0.3) is 11.1 Å². The van der Waals surface area contributed by atoms with Crippen LogP contribution in [0.5, 0.6) is 0 Å². The van der Waals surface area contributed by atoms with E-state index < -0.39 is 12.1 Å². The summed E-state index contributed by atoms with van der Waals surface area (Å²) in [6, 6.07) is 17.2. The number of benzene rings is 2. The molecule has 0 aliphatic rings. The Kier molecular flexibility index (Phi) is 6.53. The molecule has 5 nitrogen and oxygen atoms in total. The van der Waals surface area contributed by atoms with E-state index in [1.54, 1.807) is 24.5 Å². The van der Waals surface area contributed by atoms with Gasteiger partial charge in [0.05, 0.1) is 11.7 Å². The van der Waals surface area contributed by atoms with Crippen molar-refractivity contribution in [1.29, 1.82) is 0 Å². The van der Waals surface area contributed by atoms with Crippen LogP contribution in [0.2, 0.25) is 0 Å². The van der Waals surface area contributed by atoms with Gasteiger partial charge in [-0.2, -0.15) is 0 Å². The number of rotatable bonds is 8. The van der Waals surface area contributed by atoms with Gasteiger partial charge in [-0.15, -0.1) is 0 Å². The fourth-order valence-corrected chi connectivity index (χ4v) is 3.13. The summed E-state index contributed by atoms with van der Waals surface area (Å²) in [7, 11) is 0. The van der Waals surface area contributed by atoms with Crippen LogP contribution in [0.3, 0.4) is 0 Å². The Morgan fingerprint density at radius 2 is 1.93 bits per heavy atom. The highest BCUT2D eigenvalue weighted by Gasteiger charge is 2.08. The van der Waals surface area contributed by atoms with Crippen LogP contribution in [-0.2, 0) is 6.42 Å². The Balaban J connectivity index is 1.53. The molecule has 1 atom stereocenters. The highest BCUT2D eigenvalue weighted by molar-refractivity contribution is 5.89. The molecule has 5 heteroatoms. The summed E-state index contributed by atoms with van der Waals surface area (Å²) < 4.78 is 0. The van der Waals surface area contributed by atoms with Crippen LogP contribution >= 0.6 is 0 Å². The Morgan fingerprint density at radius 3 is 2.57 bits per heavy atom. The number of hydrogen-bond donors (Lipinski definition) is 3. The molecule has 0 spiro atoms. The van der Waals surface area contributed by atoms with Crippen molar-refractivity contribution in [3.8, 4) is 11.1 Å². The first-order chi connectivity index (χ1) is 13.5. The van der Waals surface area contributed by atoms with Gasteiger partial charge in [0, 0.05) is 24.5 Å². The second-order valence-corrected chi connectivity index (χ2v) is 6.79. The predicted octanol–water partition coefficient (Wildman–Crippen LogP) is 3.62. The van der Waals surface area contributed by atoms with Gasteiger partial charge < -0.3 is 15.5 Å².